The van der Waals surface area contributed by atoms with Crippen molar-refractivity contribution >= 4 is 17.7 Å². The minimum absolute atomic E-state index is 0.0139. The van der Waals surface area contributed by atoms with Crippen molar-refractivity contribution in [3.05, 3.63) is 11.8 Å². The molecule has 1 N–H and O–H groups in total. The Balaban J connectivity index is 2.50. The Kier molecular flexibility index (Phi) is 6.75. The van der Waals surface area contributed by atoms with E-state index in [1.807, 2.05) is 34.6 Å². The minimum atomic E-state index is -0.239. The van der Waals surface area contributed by atoms with Gasteiger partial charge in [0, 0.05) is 24.6 Å². The Morgan fingerprint density at radius 3 is 2.30 bits per heavy atom. The Labute approximate surface area is 138 Å². The predicted octanol–water partition coefficient (Wildman–Crippen LogP) is 1.71. The molecule has 2 amide bonds. The van der Waals surface area contributed by atoms with Gasteiger partial charge in [-0.3, -0.25) is 19.8 Å². The van der Waals surface area contributed by atoms with Crippen LogP contribution in [0.2, 0.25) is 0 Å². The summed E-state index contributed by atoms with van der Waals surface area (Å²) in [4.78, 5) is 27.4. The maximum absolute atomic E-state index is 12.0. The summed E-state index contributed by atoms with van der Waals surface area (Å²) >= 11 is 0. The number of carbonyl (C=O) groups excluding carboxylic acids is 2. The summed E-state index contributed by atoms with van der Waals surface area (Å²) in [6, 6.07) is 1.72. The van der Waals surface area contributed by atoms with Gasteiger partial charge in [-0.25, -0.2) is 0 Å². The van der Waals surface area contributed by atoms with E-state index in [1.165, 1.54) is 0 Å². The molecule has 0 spiro atoms. The average molecular weight is 324 g/mol. The van der Waals surface area contributed by atoms with Gasteiger partial charge in [0.15, 0.2) is 0 Å². The van der Waals surface area contributed by atoms with E-state index >= 15 is 0 Å². The van der Waals surface area contributed by atoms with Gasteiger partial charge >= 0.3 is 0 Å². The lowest BCUT2D eigenvalue weighted by Gasteiger charge is -2.22. The number of aromatic nitrogens is 1. The highest BCUT2D eigenvalue weighted by molar-refractivity contribution is 5.91. The van der Waals surface area contributed by atoms with Crippen molar-refractivity contribution in [3.63, 3.8) is 0 Å². The molecule has 0 bridgehead atoms. The zero-order chi connectivity index (χ0) is 17.6. The molecule has 0 aromatic carbocycles. The molecule has 0 aliphatic carbocycles. The van der Waals surface area contributed by atoms with E-state index < -0.39 is 0 Å². The number of anilines is 1. The highest BCUT2D eigenvalue weighted by Gasteiger charge is 2.20. The first-order chi connectivity index (χ1) is 10.7. The fourth-order valence-electron chi connectivity index (χ4n) is 2.07. The fourth-order valence-corrected chi connectivity index (χ4v) is 2.07. The van der Waals surface area contributed by atoms with Crippen molar-refractivity contribution < 1.29 is 14.1 Å². The van der Waals surface area contributed by atoms with Crippen LogP contribution in [0.5, 0.6) is 0 Å². The molecular weight excluding hydrogens is 296 g/mol. The minimum Gasteiger partial charge on any atom is -0.342 e. The normalized spacial score (nSPS) is 11.6. The van der Waals surface area contributed by atoms with E-state index in [0.717, 1.165) is 5.69 Å². The highest BCUT2D eigenvalue weighted by Crippen LogP contribution is 2.23. The van der Waals surface area contributed by atoms with Crippen LogP contribution in [0.3, 0.4) is 0 Å². The summed E-state index contributed by atoms with van der Waals surface area (Å²) in [6.45, 7) is 11.6. The second-order valence-corrected chi connectivity index (χ2v) is 6.61. The first-order valence-electron chi connectivity index (χ1n) is 7.90. The van der Waals surface area contributed by atoms with Crippen molar-refractivity contribution in [2.75, 3.05) is 38.5 Å². The van der Waals surface area contributed by atoms with Crippen LogP contribution in [-0.2, 0) is 15.0 Å². The quantitative estimate of drug-likeness (QED) is 0.826. The van der Waals surface area contributed by atoms with Gasteiger partial charge in [0.25, 0.3) is 0 Å². The number of nitrogens with zero attached hydrogens (tertiary/aromatic N) is 3. The van der Waals surface area contributed by atoms with Gasteiger partial charge in [-0.2, -0.15) is 0 Å². The third kappa shape index (κ3) is 6.02. The molecule has 23 heavy (non-hydrogen) atoms. The number of nitrogens with one attached hydrogen (secondary N) is 1. The third-order valence-electron chi connectivity index (χ3n) is 3.48. The highest BCUT2D eigenvalue weighted by atomic mass is 16.5. The van der Waals surface area contributed by atoms with Gasteiger partial charge in [-0.1, -0.05) is 25.9 Å². The Morgan fingerprint density at radius 1 is 1.22 bits per heavy atom. The molecule has 0 aliphatic heterocycles. The van der Waals surface area contributed by atoms with Crippen LogP contribution in [0, 0.1) is 0 Å². The van der Waals surface area contributed by atoms with Crippen molar-refractivity contribution in [2.24, 2.45) is 0 Å². The summed E-state index contributed by atoms with van der Waals surface area (Å²) in [7, 11) is 1.74. The average Bonchev–Trinajstić information content (AvgIpc) is 2.87. The summed E-state index contributed by atoms with van der Waals surface area (Å²) in [5.74, 6) is 0.0971. The van der Waals surface area contributed by atoms with Gasteiger partial charge in [0.2, 0.25) is 17.7 Å². The molecule has 7 nitrogen and oxygen atoms in total. The lowest BCUT2D eigenvalue weighted by molar-refractivity contribution is -0.132. The van der Waals surface area contributed by atoms with E-state index in [0.29, 0.717) is 19.0 Å². The predicted molar refractivity (Wildman–Crippen MR) is 89.3 cm³/mol. The topological polar surface area (TPSA) is 78.7 Å². The lowest BCUT2D eigenvalue weighted by Crippen LogP contribution is -2.41. The monoisotopic (exact) mass is 324 g/mol. The molecule has 1 aromatic heterocycles. The van der Waals surface area contributed by atoms with Gasteiger partial charge < -0.3 is 9.42 Å². The summed E-state index contributed by atoms with van der Waals surface area (Å²) in [5.41, 5.74) is 0.636. The van der Waals surface area contributed by atoms with Crippen LogP contribution in [0.4, 0.5) is 5.88 Å². The number of likely N-dealkylation sites (N-methyl/N-ethyl adjacent to an activating group) is 2. The van der Waals surface area contributed by atoms with Gasteiger partial charge in [0.05, 0.1) is 18.8 Å². The van der Waals surface area contributed by atoms with E-state index in [9.17, 15) is 9.59 Å². The third-order valence-corrected chi connectivity index (χ3v) is 3.48. The standard InChI is InChI=1S/C16H28N4O3/c1-7-20(8-2)15(22)11-19(6)10-13(21)17-14-9-12(18-23-14)16(3,4)5/h9H,7-8,10-11H2,1-6H3,(H,17,21). The summed E-state index contributed by atoms with van der Waals surface area (Å²) in [5, 5.41) is 6.61. The van der Waals surface area contributed by atoms with E-state index in [2.05, 4.69) is 10.5 Å². The van der Waals surface area contributed by atoms with Crippen LogP contribution in [-0.4, -0.2) is 60.0 Å². The molecule has 0 aliphatic rings. The smallest absolute Gasteiger partial charge is 0.240 e. The molecule has 0 saturated carbocycles. The molecule has 1 heterocycles. The fraction of sp³-hybridized carbons (Fsp3) is 0.688. The second-order valence-electron chi connectivity index (χ2n) is 6.61. The Bertz CT molecular complexity index is 530. The number of carbonyl (C=O) groups is 2. The molecular formula is C16H28N4O3. The largest absolute Gasteiger partial charge is 0.342 e. The maximum atomic E-state index is 12.0. The number of hydrogen-bond acceptors (Lipinski definition) is 5. The van der Waals surface area contributed by atoms with Crippen LogP contribution in [0.25, 0.3) is 0 Å². The van der Waals surface area contributed by atoms with Crippen LogP contribution < -0.4 is 5.32 Å². The van der Waals surface area contributed by atoms with Gasteiger partial charge in [-0.15, -0.1) is 0 Å². The van der Waals surface area contributed by atoms with E-state index in [1.54, 1.807) is 22.9 Å². The molecule has 0 unspecified atom stereocenters. The van der Waals surface area contributed by atoms with Crippen molar-refractivity contribution in [3.8, 4) is 0 Å². The first-order valence-corrected chi connectivity index (χ1v) is 7.90. The Hall–Kier alpha value is -1.89. The molecule has 0 saturated heterocycles. The first kappa shape index (κ1) is 19.2. The molecule has 0 atom stereocenters. The van der Waals surface area contributed by atoms with Crippen LogP contribution >= 0.6 is 0 Å². The zero-order valence-corrected chi connectivity index (χ0v) is 15.0. The number of amides is 2. The van der Waals surface area contributed by atoms with Crippen LogP contribution in [0.1, 0.15) is 40.3 Å². The van der Waals surface area contributed by atoms with Crippen LogP contribution in [0.15, 0.2) is 10.6 Å². The van der Waals surface area contributed by atoms with Gasteiger partial charge in [-0.05, 0) is 20.9 Å². The zero-order valence-electron chi connectivity index (χ0n) is 15.0. The Morgan fingerprint density at radius 2 is 1.83 bits per heavy atom. The lowest BCUT2D eigenvalue weighted by atomic mass is 9.92. The number of hydrogen-bond donors (Lipinski definition) is 1. The van der Waals surface area contributed by atoms with Crippen molar-refractivity contribution in [1.82, 2.24) is 15.0 Å². The summed E-state index contributed by atoms with van der Waals surface area (Å²) in [6.07, 6.45) is 0. The van der Waals surface area contributed by atoms with E-state index in [-0.39, 0.29) is 30.3 Å². The van der Waals surface area contributed by atoms with E-state index in [4.69, 9.17) is 4.52 Å². The molecule has 1 rings (SSSR count). The maximum Gasteiger partial charge on any atom is 0.240 e. The van der Waals surface area contributed by atoms with Gasteiger partial charge in [0.1, 0.15) is 0 Å². The molecule has 0 radical (unpaired) electrons. The van der Waals surface area contributed by atoms with Crippen molar-refractivity contribution in [2.45, 2.75) is 40.0 Å². The molecule has 7 heteroatoms. The second kappa shape index (κ2) is 8.10. The molecule has 1 aromatic rings. The summed E-state index contributed by atoms with van der Waals surface area (Å²) < 4.78 is 5.12. The molecule has 0 fully saturated rings. The molecule has 130 valence electrons. The van der Waals surface area contributed by atoms with Crippen molar-refractivity contribution in [1.29, 1.82) is 0 Å². The number of rotatable bonds is 7. The SMILES string of the molecule is CCN(CC)C(=O)CN(C)CC(=O)Nc1cc(C(C)(C)C)no1.